The van der Waals surface area contributed by atoms with Gasteiger partial charge in [0, 0.05) is 0 Å². The van der Waals surface area contributed by atoms with Crippen LogP contribution in [0, 0.1) is 0 Å². The highest BCUT2D eigenvalue weighted by atomic mass is 16.7. The highest BCUT2D eigenvalue weighted by Crippen LogP contribution is 2.36. The second kappa shape index (κ2) is 5.66. The molecule has 1 aromatic carbocycles. The molecule has 0 aromatic heterocycles. The van der Waals surface area contributed by atoms with Crippen molar-refractivity contribution < 1.29 is 29.4 Å². The Morgan fingerprint density at radius 1 is 1.14 bits per heavy atom. The smallest absolute Gasteiger partial charge is 0.479 e. The first kappa shape index (κ1) is 17.0. The Balaban J connectivity index is 2.25. The lowest BCUT2D eigenvalue weighted by Crippen LogP contribution is -2.41. The van der Waals surface area contributed by atoms with Gasteiger partial charge >= 0.3 is 13.1 Å². The Bertz CT molecular complexity index is 555. The maximum absolute atomic E-state index is 10.8. The second-order valence-corrected chi connectivity index (χ2v) is 6.49. The van der Waals surface area contributed by atoms with E-state index in [9.17, 15) is 15.0 Å². The number of benzene rings is 1. The molecule has 1 saturated heterocycles. The molecule has 1 fully saturated rings. The van der Waals surface area contributed by atoms with Crippen LogP contribution in [-0.2, 0) is 14.1 Å². The highest BCUT2D eigenvalue weighted by Gasteiger charge is 2.51. The van der Waals surface area contributed by atoms with E-state index in [1.54, 1.807) is 24.3 Å². The summed E-state index contributed by atoms with van der Waals surface area (Å²) in [5.74, 6) is -1.48. The number of aliphatic hydroxyl groups excluding tert-OH is 2. The van der Waals surface area contributed by atoms with Gasteiger partial charge in [-0.05, 0) is 38.7 Å². The Morgan fingerprint density at radius 3 is 2.18 bits per heavy atom. The minimum Gasteiger partial charge on any atom is -0.479 e. The summed E-state index contributed by atoms with van der Waals surface area (Å²) >= 11 is 0. The third-order valence-corrected chi connectivity index (χ3v) is 4.33. The standard InChI is InChI=1S/C15H21BO6/c1-14(2)15(3,4)22-16(21-14)10-7-5-6-9(8-10)11(17)12(18)13(19)20/h5-8,11-12,17-18H,1-4H3,(H,19,20). The maximum Gasteiger partial charge on any atom is 0.494 e. The monoisotopic (exact) mass is 308 g/mol. The van der Waals surface area contributed by atoms with Crippen molar-refractivity contribution in [1.82, 2.24) is 0 Å². The third kappa shape index (κ3) is 3.03. The molecule has 2 atom stereocenters. The molecular formula is C15H21BO6. The van der Waals surface area contributed by atoms with Crippen molar-refractivity contribution in [2.75, 3.05) is 0 Å². The van der Waals surface area contributed by atoms with Gasteiger partial charge in [0.2, 0.25) is 0 Å². The molecule has 22 heavy (non-hydrogen) atoms. The summed E-state index contributed by atoms with van der Waals surface area (Å²) in [7, 11) is -0.612. The molecule has 1 heterocycles. The number of carboxylic acids is 1. The zero-order valence-corrected chi connectivity index (χ0v) is 13.1. The molecule has 3 N–H and O–H groups in total. The van der Waals surface area contributed by atoms with E-state index >= 15 is 0 Å². The van der Waals surface area contributed by atoms with E-state index in [0.717, 1.165) is 0 Å². The van der Waals surface area contributed by atoms with Gasteiger partial charge in [0.1, 0.15) is 6.10 Å². The zero-order chi connectivity index (χ0) is 16.7. The third-order valence-electron chi connectivity index (χ3n) is 4.33. The van der Waals surface area contributed by atoms with Gasteiger partial charge in [-0.2, -0.15) is 0 Å². The fraction of sp³-hybridized carbons (Fsp3) is 0.533. The SMILES string of the molecule is CC1(C)OB(c2cccc(C(O)C(O)C(=O)O)c2)OC1(C)C. The fourth-order valence-electron chi connectivity index (χ4n) is 2.19. The molecule has 2 unspecified atom stereocenters. The second-order valence-electron chi connectivity index (χ2n) is 6.49. The number of hydrogen-bond acceptors (Lipinski definition) is 5. The van der Waals surface area contributed by atoms with Gasteiger partial charge in [-0.15, -0.1) is 0 Å². The molecular weight excluding hydrogens is 287 g/mol. The molecule has 1 aromatic rings. The number of aliphatic hydroxyl groups is 2. The minimum absolute atomic E-state index is 0.294. The average Bonchev–Trinajstić information content (AvgIpc) is 2.66. The van der Waals surface area contributed by atoms with E-state index in [0.29, 0.717) is 11.0 Å². The van der Waals surface area contributed by atoms with Crippen LogP contribution in [0.2, 0.25) is 0 Å². The largest absolute Gasteiger partial charge is 0.494 e. The lowest BCUT2D eigenvalue weighted by Gasteiger charge is -2.32. The van der Waals surface area contributed by atoms with E-state index < -0.39 is 36.5 Å². The number of carboxylic acid groups (broad SMARTS) is 1. The lowest BCUT2D eigenvalue weighted by molar-refractivity contribution is -0.153. The first-order valence-electron chi connectivity index (χ1n) is 7.09. The molecule has 120 valence electrons. The maximum atomic E-state index is 10.8. The van der Waals surface area contributed by atoms with Crippen LogP contribution in [0.15, 0.2) is 24.3 Å². The first-order chi connectivity index (χ1) is 10.0. The van der Waals surface area contributed by atoms with Crippen LogP contribution in [-0.4, -0.2) is 45.7 Å². The van der Waals surface area contributed by atoms with Crippen LogP contribution >= 0.6 is 0 Å². The molecule has 0 amide bonds. The van der Waals surface area contributed by atoms with Crippen LogP contribution in [0.3, 0.4) is 0 Å². The Kier molecular flexibility index (Phi) is 4.36. The Labute approximate surface area is 129 Å². The normalized spacial score (nSPS) is 22.4. The van der Waals surface area contributed by atoms with Crippen LogP contribution < -0.4 is 5.46 Å². The van der Waals surface area contributed by atoms with Gasteiger partial charge in [-0.25, -0.2) is 4.79 Å². The predicted molar refractivity (Wildman–Crippen MR) is 80.8 cm³/mol. The Hall–Kier alpha value is -1.41. The van der Waals surface area contributed by atoms with Crippen molar-refractivity contribution >= 4 is 18.6 Å². The predicted octanol–water partition coefficient (Wildman–Crippen LogP) is 0.465. The number of aliphatic carboxylic acids is 1. The van der Waals surface area contributed by atoms with Gasteiger partial charge in [0.15, 0.2) is 6.10 Å². The van der Waals surface area contributed by atoms with Crippen LogP contribution in [0.25, 0.3) is 0 Å². The molecule has 0 saturated carbocycles. The van der Waals surface area contributed by atoms with Gasteiger partial charge in [0.25, 0.3) is 0 Å². The molecule has 0 aliphatic carbocycles. The van der Waals surface area contributed by atoms with Crippen molar-refractivity contribution in [2.45, 2.75) is 51.1 Å². The summed E-state index contributed by atoms with van der Waals surface area (Å²) in [6.07, 6.45) is -3.39. The number of rotatable bonds is 4. The van der Waals surface area contributed by atoms with E-state index in [4.69, 9.17) is 14.4 Å². The molecule has 0 bridgehead atoms. The lowest BCUT2D eigenvalue weighted by atomic mass is 9.78. The summed E-state index contributed by atoms with van der Waals surface area (Å²) in [5, 5.41) is 28.2. The van der Waals surface area contributed by atoms with Crippen LogP contribution in [0.5, 0.6) is 0 Å². The van der Waals surface area contributed by atoms with E-state index in [1.807, 2.05) is 27.7 Å². The van der Waals surface area contributed by atoms with Gasteiger partial charge < -0.3 is 24.6 Å². The van der Waals surface area contributed by atoms with Crippen molar-refractivity contribution in [3.05, 3.63) is 29.8 Å². The summed E-state index contributed by atoms with van der Waals surface area (Å²) in [6.45, 7) is 7.72. The van der Waals surface area contributed by atoms with Crippen LogP contribution in [0.4, 0.5) is 0 Å². The molecule has 2 rings (SSSR count). The molecule has 7 heteroatoms. The summed E-state index contributed by atoms with van der Waals surface area (Å²) < 4.78 is 11.8. The first-order valence-corrected chi connectivity index (χ1v) is 7.09. The Morgan fingerprint density at radius 2 is 1.68 bits per heavy atom. The van der Waals surface area contributed by atoms with Gasteiger partial charge in [0.05, 0.1) is 11.2 Å². The van der Waals surface area contributed by atoms with Gasteiger partial charge in [-0.3, -0.25) is 0 Å². The van der Waals surface area contributed by atoms with Crippen molar-refractivity contribution in [2.24, 2.45) is 0 Å². The van der Waals surface area contributed by atoms with Crippen molar-refractivity contribution in [1.29, 1.82) is 0 Å². The van der Waals surface area contributed by atoms with Gasteiger partial charge in [-0.1, -0.05) is 24.3 Å². The summed E-state index contributed by atoms with van der Waals surface area (Å²) in [6, 6.07) is 6.56. The number of carbonyl (C=O) groups is 1. The molecule has 0 spiro atoms. The summed E-state index contributed by atoms with van der Waals surface area (Å²) in [4.78, 5) is 10.8. The number of hydrogen-bond donors (Lipinski definition) is 3. The quantitative estimate of drug-likeness (QED) is 0.700. The van der Waals surface area contributed by atoms with E-state index in [2.05, 4.69) is 0 Å². The average molecular weight is 308 g/mol. The summed E-state index contributed by atoms with van der Waals surface area (Å²) in [5.41, 5.74) is -0.0328. The molecule has 1 aliphatic heterocycles. The topological polar surface area (TPSA) is 96.2 Å². The van der Waals surface area contributed by atoms with E-state index in [-0.39, 0.29) is 0 Å². The van der Waals surface area contributed by atoms with Crippen molar-refractivity contribution in [3.8, 4) is 0 Å². The molecule has 0 radical (unpaired) electrons. The highest BCUT2D eigenvalue weighted by molar-refractivity contribution is 6.62. The van der Waals surface area contributed by atoms with Crippen LogP contribution in [0.1, 0.15) is 39.4 Å². The molecule has 1 aliphatic rings. The fourth-order valence-corrected chi connectivity index (χ4v) is 2.19. The van der Waals surface area contributed by atoms with E-state index in [1.165, 1.54) is 0 Å². The minimum atomic E-state index is -1.88. The zero-order valence-electron chi connectivity index (χ0n) is 13.1. The van der Waals surface area contributed by atoms with Crippen molar-refractivity contribution in [3.63, 3.8) is 0 Å². The molecule has 6 nitrogen and oxygen atoms in total.